The van der Waals surface area contributed by atoms with Gasteiger partial charge in [-0.3, -0.25) is 19.8 Å². The number of anilines is 2. The maximum absolute atomic E-state index is 13.2. The Morgan fingerprint density at radius 1 is 1.22 bits per heavy atom. The Hall–Kier alpha value is -3.80. The van der Waals surface area contributed by atoms with Gasteiger partial charge >= 0.3 is 0 Å². The number of hydrogen-bond donors (Lipinski definition) is 5. The predicted molar refractivity (Wildman–Crippen MR) is 134 cm³/mol. The zero-order valence-electron chi connectivity index (χ0n) is 20.1. The average molecular weight is 508 g/mol. The molecular weight excluding hydrogens is 478 g/mol. The van der Waals surface area contributed by atoms with Gasteiger partial charge in [-0.25, -0.2) is 0 Å². The molecule has 0 aromatic heterocycles. The molecule has 0 unspecified atom stereocenters. The second-order valence-electron chi connectivity index (χ2n) is 9.44. The standard InChI is InChI=1S/C26H29N5O6/c27-24-20-5-4-17(12-16(20)13-28-24)29-25(35)22(34)23-26(36)31(8-9-37-23)18-3-1-2-15(10-18)11-21(33)30-7-6-19(32)14-30/h1-5,10,12,19,22-23,32,34H,6-9,11,13-14H2,(H2,27,28)(H,29,35)/t19-,22-,23-/m1/s1. The van der Waals surface area contributed by atoms with Crippen molar-refractivity contribution in [2.75, 3.05) is 36.5 Å². The van der Waals surface area contributed by atoms with Crippen LogP contribution in [0.1, 0.15) is 23.1 Å². The molecule has 3 aliphatic rings. The number of nitrogens with zero attached hydrogens (tertiary/aromatic N) is 2. The van der Waals surface area contributed by atoms with E-state index in [1.165, 1.54) is 4.90 Å². The van der Waals surface area contributed by atoms with Crippen molar-refractivity contribution in [3.63, 3.8) is 0 Å². The molecule has 3 heterocycles. The van der Waals surface area contributed by atoms with E-state index in [-0.39, 0.29) is 25.5 Å². The molecule has 0 saturated carbocycles. The Bertz CT molecular complexity index is 1250. The van der Waals surface area contributed by atoms with E-state index in [1.807, 2.05) is 0 Å². The molecule has 2 aromatic carbocycles. The minimum Gasteiger partial charge on any atom is -0.391 e. The summed E-state index contributed by atoms with van der Waals surface area (Å²) in [5, 5.41) is 33.7. The number of benzene rings is 2. The highest BCUT2D eigenvalue weighted by Gasteiger charge is 2.39. The van der Waals surface area contributed by atoms with Crippen molar-refractivity contribution < 1.29 is 29.3 Å². The van der Waals surface area contributed by atoms with E-state index in [0.717, 1.165) is 16.7 Å². The molecule has 11 heteroatoms. The number of hydrogen-bond acceptors (Lipinski definition) is 7. The highest BCUT2D eigenvalue weighted by molar-refractivity contribution is 6.04. The van der Waals surface area contributed by atoms with E-state index in [0.29, 0.717) is 43.3 Å². The molecule has 2 aromatic rings. The van der Waals surface area contributed by atoms with Gasteiger partial charge in [-0.05, 0) is 47.9 Å². The maximum Gasteiger partial charge on any atom is 0.259 e. The molecule has 0 bridgehead atoms. The maximum atomic E-state index is 13.2. The lowest BCUT2D eigenvalue weighted by atomic mass is 10.1. The summed E-state index contributed by atoms with van der Waals surface area (Å²) in [6.07, 6.45) is -2.89. The van der Waals surface area contributed by atoms with Gasteiger partial charge in [0, 0.05) is 43.1 Å². The SMILES string of the molecule is N=C1NCc2cc(NC(=O)[C@H](O)[C@H]3OCCN(c4cccc(CC(=O)N5CC[C@@H](O)C5)c4)C3=O)ccc21. The smallest absolute Gasteiger partial charge is 0.259 e. The number of amides is 3. The Morgan fingerprint density at radius 3 is 2.84 bits per heavy atom. The molecule has 0 spiro atoms. The van der Waals surface area contributed by atoms with Crippen molar-refractivity contribution in [3.8, 4) is 0 Å². The molecule has 5 N–H and O–H groups in total. The van der Waals surface area contributed by atoms with Gasteiger partial charge in [-0.1, -0.05) is 12.1 Å². The minimum absolute atomic E-state index is 0.0915. The van der Waals surface area contributed by atoms with E-state index in [9.17, 15) is 24.6 Å². The predicted octanol–water partition coefficient (Wildman–Crippen LogP) is -0.0177. The Labute approximate surface area is 213 Å². The van der Waals surface area contributed by atoms with Gasteiger partial charge in [0.05, 0.1) is 19.1 Å². The van der Waals surface area contributed by atoms with E-state index in [4.69, 9.17) is 10.1 Å². The monoisotopic (exact) mass is 507 g/mol. The molecule has 2 saturated heterocycles. The number of nitrogens with one attached hydrogen (secondary N) is 3. The quantitative estimate of drug-likeness (QED) is 0.368. The molecule has 194 valence electrons. The third-order valence-electron chi connectivity index (χ3n) is 6.87. The number of morpholine rings is 1. The summed E-state index contributed by atoms with van der Waals surface area (Å²) in [5.74, 6) is -1.09. The molecular formula is C26H29N5O6. The third-order valence-corrected chi connectivity index (χ3v) is 6.87. The summed E-state index contributed by atoms with van der Waals surface area (Å²) in [7, 11) is 0. The fourth-order valence-corrected chi connectivity index (χ4v) is 4.87. The van der Waals surface area contributed by atoms with Crippen molar-refractivity contribution in [2.24, 2.45) is 0 Å². The number of amidine groups is 1. The summed E-state index contributed by atoms with van der Waals surface area (Å²) in [6, 6.07) is 12.1. The van der Waals surface area contributed by atoms with Crippen LogP contribution in [0.4, 0.5) is 11.4 Å². The van der Waals surface area contributed by atoms with Gasteiger partial charge in [0.2, 0.25) is 5.91 Å². The molecule has 11 nitrogen and oxygen atoms in total. The van der Waals surface area contributed by atoms with E-state index in [1.54, 1.807) is 47.4 Å². The number of aliphatic hydroxyl groups is 2. The molecule has 0 aliphatic carbocycles. The van der Waals surface area contributed by atoms with Crippen molar-refractivity contribution >= 4 is 34.9 Å². The van der Waals surface area contributed by atoms with Crippen LogP contribution in [0.2, 0.25) is 0 Å². The normalized spacial score (nSPS) is 22.0. The lowest BCUT2D eigenvalue weighted by Gasteiger charge is -2.34. The largest absolute Gasteiger partial charge is 0.391 e. The molecule has 37 heavy (non-hydrogen) atoms. The first-order chi connectivity index (χ1) is 17.8. The number of fused-ring (bicyclic) bond motifs is 1. The number of carbonyl (C=O) groups excluding carboxylic acids is 3. The van der Waals surface area contributed by atoms with Gasteiger partial charge in [0.1, 0.15) is 5.84 Å². The van der Waals surface area contributed by atoms with Crippen molar-refractivity contribution in [1.82, 2.24) is 10.2 Å². The minimum atomic E-state index is -1.73. The molecule has 3 aliphatic heterocycles. The lowest BCUT2D eigenvalue weighted by Crippen LogP contribution is -2.55. The molecule has 5 rings (SSSR count). The van der Waals surface area contributed by atoms with Crippen LogP contribution in [0.5, 0.6) is 0 Å². The second kappa shape index (κ2) is 10.3. The van der Waals surface area contributed by atoms with Crippen LogP contribution in [0.3, 0.4) is 0 Å². The number of likely N-dealkylation sites (tertiary alicyclic amines) is 1. The number of rotatable bonds is 6. The zero-order valence-corrected chi connectivity index (χ0v) is 20.1. The average Bonchev–Trinajstić information content (AvgIpc) is 3.49. The highest BCUT2D eigenvalue weighted by Crippen LogP contribution is 2.24. The highest BCUT2D eigenvalue weighted by atomic mass is 16.5. The van der Waals surface area contributed by atoms with Crippen LogP contribution in [0, 0.1) is 5.41 Å². The number of carbonyl (C=O) groups is 3. The van der Waals surface area contributed by atoms with Gasteiger partial charge in [-0.15, -0.1) is 0 Å². The summed E-state index contributed by atoms with van der Waals surface area (Å²) in [6.45, 7) is 1.69. The summed E-state index contributed by atoms with van der Waals surface area (Å²) in [4.78, 5) is 41.6. The Morgan fingerprint density at radius 2 is 2.05 bits per heavy atom. The van der Waals surface area contributed by atoms with Gasteiger partial charge in [0.25, 0.3) is 11.8 Å². The Kier molecular flexibility index (Phi) is 6.92. The number of aliphatic hydroxyl groups excluding tert-OH is 2. The first-order valence-electron chi connectivity index (χ1n) is 12.2. The fourth-order valence-electron chi connectivity index (χ4n) is 4.87. The van der Waals surface area contributed by atoms with Crippen LogP contribution < -0.4 is 15.5 Å². The van der Waals surface area contributed by atoms with Crippen molar-refractivity contribution in [3.05, 3.63) is 59.2 Å². The summed E-state index contributed by atoms with van der Waals surface area (Å²) < 4.78 is 5.50. The molecule has 3 amide bonds. The Balaban J connectivity index is 1.24. The third kappa shape index (κ3) is 5.19. The van der Waals surface area contributed by atoms with Crippen LogP contribution in [0.25, 0.3) is 0 Å². The van der Waals surface area contributed by atoms with Gasteiger partial charge in [0.15, 0.2) is 12.2 Å². The molecule has 2 fully saturated rings. The van der Waals surface area contributed by atoms with Gasteiger partial charge < -0.3 is 35.4 Å². The molecule has 3 atom stereocenters. The van der Waals surface area contributed by atoms with Crippen molar-refractivity contribution in [2.45, 2.75) is 37.7 Å². The van der Waals surface area contributed by atoms with E-state index >= 15 is 0 Å². The lowest BCUT2D eigenvalue weighted by molar-refractivity contribution is -0.150. The first kappa shape index (κ1) is 24.9. The molecule has 0 radical (unpaired) electrons. The van der Waals surface area contributed by atoms with E-state index in [2.05, 4.69) is 10.6 Å². The first-order valence-corrected chi connectivity index (χ1v) is 12.2. The number of ether oxygens (including phenoxy) is 1. The van der Waals surface area contributed by atoms with Crippen molar-refractivity contribution in [1.29, 1.82) is 5.41 Å². The van der Waals surface area contributed by atoms with Crippen LogP contribution in [0.15, 0.2) is 42.5 Å². The van der Waals surface area contributed by atoms with Gasteiger partial charge in [-0.2, -0.15) is 0 Å². The fraction of sp³-hybridized carbons (Fsp3) is 0.385. The van der Waals surface area contributed by atoms with Crippen LogP contribution in [-0.2, 0) is 32.1 Å². The summed E-state index contributed by atoms with van der Waals surface area (Å²) >= 11 is 0. The number of β-amino-alcohol motifs (C(OH)–C–C–N with tert-alkyl or cyclic N) is 1. The zero-order chi connectivity index (χ0) is 26.1. The van der Waals surface area contributed by atoms with E-state index < -0.39 is 30.1 Å². The summed E-state index contributed by atoms with van der Waals surface area (Å²) in [5.41, 5.74) is 3.32. The van der Waals surface area contributed by atoms with Crippen LogP contribution >= 0.6 is 0 Å². The van der Waals surface area contributed by atoms with Crippen LogP contribution in [-0.4, -0.2) is 83.2 Å². The second-order valence-corrected chi connectivity index (χ2v) is 9.44. The topological polar surface area (TPSA) is 155 Å².